The number of aromatic nitrogens is 1. The van der Waals surface area contributed by atoms with E-state index in [1.54, 1.807) is 0 Å². The number of primary amides is 1. The molecule has 0 aliphatic heterocycles. The van der Waals surface area contributed by atoms with Crippen LogP contribution < -0.4 is 16.4 Å². The highest BCUT2D eigenvalue weighted by Gasteiger charge is 2.12. The number of nitrogens with one attached hydrogen (secondary N) is 2. The van der Waals surface area contributed by atoms with Gasteiger partial charge in [0.25, 0.3) is 0 Å². The van der Waals surface area contributed by atoms with Crippen LogP contribution in [-0.4, -0.2) is 29.0 Å². The average Bonchev–Trinajstić information content (AvgIpc) is 2.24. The van der Waals surface area contributed by atoms with E-state index >= 15 is 0 Å². The molecule has 0 unspecified atom stereocenters. The van der Waals surface area contributed by atoms with Crippen LogP contribution in [0, 0.1) is 10.1 Å². The molecule has 0 bridgehead atoms. The number of urea groups is 1. The lowest BCUT2D eigenvalue weighted by molar-refractivity contribution is -0.384. The molecule has 1 heterocycles. The molecule has 0 aromatic carbocycles. The molecule has 0 saturated heterocycles. The zero-order valence-electron chi connectivity index (χ0n) is 8.34. The van der Waals surface area contributed by atoms with Crippen molar-refractivity contribution in [2.45, 2.75) is 0 Å². The molecule has 0 fully saturated rings. The zero-order valence-corrected chi connectivity index (χ0v) is 8.34. The van der Waals surface area contributed by atoms with Gasteiger partial charge in [-0.15, -0.1) is 0 Å². The van der Waals surface area contributed by atoms with Crippen LogP contribution in [0.2, 0.25) is 0 Å². The van der Waals surface area contributed by atoms with E-state index in [-0.39, 0.29) is 18.1 Å². The van der Waals surface area contributed by atoms with Gasteiger partial charge in [0.2, 0.25) is 5.82 Å². The van der Waals surface area contributed by atoms with E-state index in [1.165, 1.54) is 18.3 Å². The molecule has 8 heteroatoms. The first kappa shape index (κ1) is 11.7. The van der Waals surface area contributed by atoms with Crippen LogP contribution in [0.3, 0.4) is 0 Å². The largest absolute Gasteiger partial charge is 0.363 e. The summed E-state index contributed by atoms with van der Waals surface area (Å²) in [5.41, 5.74) is 4.74. The third-order valence-corrected chi connectivity index (χ3v) is 1.70. The van der Waals surface area contributed by atoms with Crippen LogP contribution in [0.25, 0.3) is 0 Å². The fraction of sp³-hybridized carbons (Fsp3) is 0.250. The van der Waals surface area contributed by atoms with Crippen LogP contribution in [0.5, 0.6) is 0 Å². The highest BCUT2D eigenvalue weighted by atomic mass is 16.6. The number of carbonyl (C=O) groups is 1. The fourth-order valence-corrected chi connectivity index (χ4v) is 1.05. The van der Waals surface area contributed by atoms with Gasteiger partial charge in [-0.3, -0.25) is 10.1 Å². The maximum Gasteiger partial charge on any atom is 0.312 e. The summed E-state index contributed by atoms with van der Waals surface area (Å²) in [7, 11) is 0. The molecule has 0 aliphatic rings. The normalized spacial score (nSPS) is 9.50. The van der Waals surface area contributed by atoms with Gasteiger partial charge in [-0.1, -0.05) is 0 Å². The quantitative estimate of drug-likeness (QED) is 0.371. The summed E-state index contributed by atoms with van der Waals surface area (Å²) < 4.78 is 0. The number of nitro groups is 1. The smallest absolute Gasteiger partial charge is 0.312 e. The number of hydrogen-bond acceptors (Lipinski definition) is 5. The van der Waals surface area contributed by atoms with Crippen molar-refractivity contribution >= 4 is 17.5 Å². The standard InChI is InChI=1S/C8H11N5O3/c9-8(14)12-5-4-11-7-6(13(15)16)2-1-3-10-7/h1-3H,4-5H2,(H,10,11)(H3,9,12,14). The Labute approximate surface area is 91.0 Å². The first-order valence-electron chi connectivity index (χ1n) is 4.48. The Bertz CT molecular complexity index is 395. The maximum atomic E-state index is 10.6. The first-order chi connectivity index (χ1) is 7.61. The summed E-state index contributed by atoms with van der Waals surface area (Å²) in [4.78, 5) is 24.2. The summed E-state index contributed by atoms with van der Waals surface area (Å²) in [5, 5.41) is 15.7. The lowest BCUT2D eigenvalue weighted by atomic mass is 10.4. The number of anilines is 1. The van der Waals surface area contributed by atoms with Crippen LogP contribution >= 0.6 is 0 Å². The second kappa shape index (κ2) is 5.49. The molecule has 0 atom stereocenters. The number of nitrogens with zero attached hydrogens (tertiary/aromatic N) is 2. The second-order valence-corrected chi connectivity index (χ2v) is 2.85. The topological polar surface area (TPSA) is 123 Å². The maximum absolute atomic E-state index is 10.6. The summed E-state index contributed by atoms with van der Waals surface area (Å²) in [6.07, 6.45) is 1.44. The molecular formula is C8H11N5O3. The molecule has 16 heavy (non-hydrogen) atoms. The zero-order chi connectivity index (χ0) is 12.0. The predicted octanol–water partition coefficient (Wildman–Crippen LogP) is 0.0700. The van der Waals surface area contributed by atoms with Gasteiger partial charge in [-0.2, -0.15) is 0 Å². The van der Waals surface area contributed by atoms with Gasteiger partial charge < -0.3 is 16.4 Å². The van der Waals surface area contributed by atoms with Crippen LogP contribution in [-0.2, 0) is 0 Å². The summed E-state index contributed by atoms with van der Waals surface area (Å²) in [6.45, 7) is 0.573. The highest BCUT2D eigenvalue weighted by molar-refractivity contribution is 5.71. The first-order valence-corrected chi connectivity index (χ1v) is 4.48. The van der Waals surface area contributed by atoms with Gasteiger partial charge in [0, 0.05) is 25.4 Å². The van der Waals surface area contributed by atoms with E-state index in [4.69, 9.17) is 5.73 Å². The van der Waals surface area contributed by atoms with Gasteiger partial charge in [0.1, 0.15) is 0 Å². The van der Waals surface area contributed by atoms with E-state index in [1.807, 2.05) is 0 Å². The molecule has 8 nitrogen and oxygen atoms in total. The predicted molar refractivity (Wildman–Crippen MR) is 57.0 cm³/mol. The highest BCUT2D eigenvalue weighted by Crippen LogP contribution is 2.19. The minimum Gasteiger partial charge on any atom is -0.363 e. The Morgan fingerprint density at radius 3 is 2.94 bits per heavy atom. The monoisotopic (exact) mass is 225 g/mol. The number of hydrogen-bond donors (Lipinski definition) is 3. The average molecular weight is 225 g/mol. The Morgan fingerprint density at radius 1 is 1.56 bits per heavy atom. The van der Waals surface area contributed by atoms with Gasteiger partial charge in [-0.05, 0) is 6.07 Å². The third-order valence-electron chi connectivity index (χ3n) is 1.70. The van der Waals surface area contributed by atoms with Gasteiger partial charge in [0.05, 0.1) is 4.92 Å². The molecule has 4 N–H and O–H groups in total. The fourth-order valence-electron chi connectivity index (χ4n) is 1.05. The molecule has 0 spiro atoms. The van der Waals surface area contributed by atoms with E-state index < -0.39 is 11.0 Å². The van der Waals surface area contributed by atoms with E-state index in [0.717, 1.165) is 0 Å². The molecule has 0 radical (unpaired) electrons. The van der Waals surface area contributed by atoms with Crippen molar-refractivity contribution in [1.29, 1.82) is 0 Å². The molecule has 0 saturated carbocycles. The minimum atomic E-state index is -0.641. The molecule has 86 valence electrons. The number of nitrogens with two attached hydrogens (primary N) is 1. The lowest BCUT2D eigenvalue weighted by Crippen LogP contribution is -2.33. The van der Waals surface area contributed by atoms with Crippen molar-refractivity contribution in [2.75, 3.05) is 18.4 Å². The minimum absolute atomic E-state index is 0.110. The molecule has 2 amide bonds. The Morgan fingerprint density at radius 2 is 2.31 bits per heavy atom. The summed E-state index contributed by atoms with van der Waals surface area (Å²) in [6, 6.07) is 2.18. The number of rotatable bonds is 5. The number of pyridine rings is 1. The lowest BCUT2D eigenvalue weighted by Gasteiger charge is -2.05. The van der Waals surface area contributed by atoms with Crippen molar-refractivity contribution in [3.8, 4) is 0 Å². The van der Waals surface area contributed by atoms with Crippen molar-refractivity contribution in [3.05, 3.63) is 28.4 Å². The molecule has 1 rings (SSSR count). The van der Waals surface area contributed by atoms with Crippen LogP contribution in [0.15, 0.2) is 18.3 Å². The Balaban J connectivity index is 2.53. The van der Waals surface area contributed by atoms with Crippen molar-refractivity contribution < 1.29 is 9.72 Å². The van der Waals surface area contributed by atoms with E-state index in [9.17, 15) is 14.9 Å². The van der Waals surface area contributed by atoms with Crippen molar-refractivity contribution in [1.82, 2.24) is 10.3 Å². The third kappa shape index (κ3) is 3.40. The van der Waals surface area contributed by atoms with Gasteiger partial charge in [0.15, 0.2) is 0 Å². The molecule has 1 aromatic rings. The van der Waals surface area contributed by atoms with Crippen molar-refractivity contribution in [3.63, 3.8) is 0 Å². The summed E-state index contributed by atoms with van der Waals surface area (Å²) >= 11 is 0. The van der Waals surface area contributed by atoms with Crippen LogP contribution in [0.1, 0.15) is 0 Å². The van der Waals surface area contributed by atoms with Gasteiger partial charge in [-0.25, -0.2) is 9.78 Å². The van der Waals surface area contributed by atoms with Gasteiger partial charge >= 0.3 is 11.7 Å². The van der Waals surface area contributed by atoms with Crippen molar-refractivity contribution in [2.24, 2.45) is 5.73 Å². The SMILES string of the molecule is NC(=O)NCCNc1ncccc1[N+](=O)[O-]. The number of carbonyl (C=O) groups excluding carboxylic acids is 1. The molecule has 0 aliphatic carbocycles. The van der Waals surface area contributed by atoms with Crippen LogP contribution in [0.4, 0.5) is 16.3 Å². The number of amides is 2. The van der Waals surface area contributed by atoms with E-state index in [0.29, 0.717) is 6.54 Å². The molecular weight excluding hydrogens is 214 g/mol. The molecule has 1 aromatic heterocycles. The van der Waals surface area contributed by atoms with E-state index in [2.05, 4.69) is 15.6 Å². The Kier molecular flexibility index (Phi) is 4.01. The summed E-state index contributed by atoms with van der Waals surface area (Å²) in [5.74, 6) is 0.166. The Hall–Kier alpha value is -2.38. The second-order valence-electron chi connectivity index (χ2n) is 2.85.